The standard InChI is InChI=1S/C17H19ClN2O/c1-2-21-16-7-13(9-19-11-16)17-8-14(18)4-3-12(17)10-20-15-5-6-15/h3-4,7-9,11,15,20H,2,5-6,10H2,1H3. The molecule has 1 aliphatic carbocycles. The van der Waals surface area contributed by atoms with Crippen LogP contribution in [0.5, 0.6) is 5.75 Å². The largest absolute Gasteiger partial charge is 0.492 e. The Labute approximate surface area is 130 Å². The van der Waals surface area contributed by atoms with Crippen LogP contribution in [0.15, 0.2) is 36.7 Å². The van der Waals surface area contributed by atoms with Gasteiger partial charge in [0.15, 0.2) is 0 Å². The van der Waals surface area contributed by atoms with Crippen LogP contribution in [0.3, 0.4) is 0 Å². The monoisotopic (exact) mass is 302 g/mol. The van der Waals surface area contributed by atoms with E-state index in [1.54, 1.807) is 6.20 Å². The highest BCUT2D eigenvalue weighted by Gasteiger charge is 2.20. The lowest BCUT2D eigenvalue weighted by Crippen LogP contribution is -2.15. The lowest BCUT2D eigenvalue weighted by molar-refractivity contribution is 0.339. The number of aromatic nitrogens is 1. The first-order valence-electron chi connectivity index (χ1n) is 7.36. The summed E-state index contributed by atoms with van der Waals surface area (Å²) in [5.41, 5.74) is 3.39. The molecule has 21 heavy (non-hydrogen) atoms. The third-order valence-corrected chi connectivity index (χ3v) is 3.80. The molecule has 4 heteroatoms. The summed E-state index contributed by atoms with van der Waals surface area (Å²) in [5, 5.41) is 4.29. The van der Waals surface area contributed by atoms with E-state index in [0.29, 0.717) is 12.6 Å². The number of halogens is 1. The van der Waals surface area contributed by atoms with Gasteiger partial charge in [-0.15, -0.1) is 0 Å². The maximum atomic E-state index is 6.17. The fourth-order valence-electron chi connectivity index (χ4n) is 2.33. The summed E-state index contributed by atoms with van der Waals surface area (Å²) in [5.74, 6) is 0.788. The number of nitrogens with zero attached hydrogens (tertiary/aromatic N) is 1. The van der Waals surface area contributed by atoms with Gasteiger partial charge in [-0.2, -0.15) is 0 Å². The summed E-state index contributed by atoms with van der Waals surface area (Å²) in [6.07, 6.45) is 6.16. The molecule has 0 spiro atoms. The van der Waals surface area contributed by atoms with Gasteiger partial charge in [-0.1, -0.05) is 17.7 Å². The van der Waals surface area contributed by atoms with Gasteiger partial charge >= 0.3 is 0 Å². The Morgan fingerprint density at radius 3 is 2.90 bits per heavy atom. The van der Waals surface area contributed by atoms with Crippen molar-refractivity contribution in [3.8, 4) is 16.9 Å². The zero-order valence-electron chi connectivity index (χ0n) is 12.1. The van der Waals surface area contributed by atoms with E-state index >= 15 is 0 Å². The van der Waals surface area contributed by atoms with Gasteiger partial charge in [0.2, 0.25) is 0 Å². The molecular weight excluding hydrogens is 284 g/mol. The van der Waals surface area contributed by atoms with Crippen molar-refractivity contribution in [1.82, 2.24) is 10.3 Å². The maximum absolute atomic E-state index is 6.17. The number of hydrogen-bond acceptors (Lipinski definition) is 3. The fourth-order valence-corrected chi connectivity index (χ4v) is 2.50. The molecule has 1 aliphatic rings. The van der Waals surface area contributed by atoms with Crippen LogP contribution < -0.4 is 10.1 Å². The number of pyridine rings is 1. The summed E-state index contributed by atoms with van der Waals surface area (Å²) in [6.45, 7) is 3.46. The van der Waals surface area contributed by atoms with Crippen LogP contribution in [-0.2, 0) is 6.54 Å². The van der Waals surface area contributed by atoms with E-state index in [1.807, 2.05) is 31.3 Å². The number of benzene rings is 1. The summed E-state index contributed by atoms with van der Waals surface area (Å²) in [7, 11) is 0. The van der Waals surface area contributed by atoms with E-state index in [0.717, 1.165) is 28.4 Å². The van der Waals surface area contributed by atoms with Crippen molar-refractivity contribution < 1.29 is 4.74 Å². The lowest BCUT2D eigenvalue weighted by Gasteiger charge is -2.12. The second kappa shape index (κ2) is 6.46. The topological polar surface area (TPSA) is 34.1 Å². The minimum Gasteiger partial charge on any atom is -0.492 e. The average Bonchev–Trinajstić information content (AvgIpc) is 3.31. The second-order valence-electron chi connectivity index (χ2n) is 5.30. The van der Waals surface area contributed by atoms with Crippen LogP contribution in [0.1, 0.15) is 25.3 Å². The number of hydrogen-bond donors (Lipinski definition) is 1. The van der Waals surface area contributed by atoms with Crippen molar-refractivity contribution in [1.29, 1.82) is 0 Å². The van der Waals surface area contributed by atoms with Crippen LogP contribution in [0.25, 0.3) is 11.1 Å². The van der Waals surface area contributed by atoms with E-state index in [9.17, 15) is 0 Å². The average molecular weight is 303 g/mol. The third kappa shape index (κ3) is 3.74. The number of nitrogens with one attached hydrogen (secondary N) is 1. The van der Waals surface area contributed by atoms with Gasteiger partial charge in [-0.3, -0.25) is 4.98 Å². The highest BCUT2D eigenvalue weighted by atomic mass is 35.5. The van der Waals surface area contributed by atoms with Crippen LogP contribution >= 0.6 is 11.6 Å². The molecule has 1 aromatic carbocycles. The molecule has 0 bridgehead atoms. The molecule has 0 aliphatic heterocycles. The predicted octanol–water partition coefficient (Wildman–Crippen LogP) is 4.05. The predicted molar refractivity (Wildman–Crippen MR) is 85.7 cm³/mol. The van der Waals surface area contributed by atoms with E-state index in [-0.39, 0.29) is 0 Å². The summed E-state index contributed by atoms with van der Waals surface area (Å²) >= 11 is 6.17. The van der Waals surface area contributed by atoms with Crippen LogP contribution in [-0.4, -0.2) is 17.6 Å². The molecule has 110 valence electrons. The van der Waals surface area contributed by atoms with Crippen LogP contribution in [0, 0.1) is 0 Å². The maximum Gasteiger partial charge on any atom is 0.138 e. The van der Waals surface area contributed by atoms with Gasteiger partial charge in [-0.25, -0.2) is 0 Å². The Morgan fingerprint density at radius 1 is 1.29 bits per heavy atom. The van der Waals surface area contributed by atoms with E-state index in [1.165, 1.54) is 18.4 Å². The zero-order chi connectivity index (χ0) is 14.7. The Balaban J connectivity index is 1.90. The molecular formula is C17H19ClN2O. The van der Waals surface area contributed by atoms with Gasteiger partial charge in [-0.05, 0) is 49.1 Å². The first-order valence-corrected chi connectivity index (χ1v) is 7.74. The Morgan fingerprint density at radius 2 is 2.14 bits per heavy atom. The number of ether oxygens (including phenoxy) is 1. The molecule has 1 fully saturated rings. The summed E-state index contributed by atoms with van der Waals surface area (Å²) < 4.78 is 5.54. The van der Waals surface area contributed by atoms with E-state index in [4.69, 9.17) is 16.3 Å². The Bertz CT molecular complexity index is 626. The third-order valence-electron chi connectivity index (χ3n) is 3.57. The Hall–Kier alpha value is -1.58. The Kier molecular flexibility index (Phi) is 4.42. The molecule has 1 aromatic heterocycles. The van der Waals surface area contributed by atoms with Gasteiger partial charge in [0, 0.05) is 29.4 Å². The molecule has 0 atom stereocenters. The molecule has 0 amide bonds. The zero-order valence-corrected chi connectivity index (χ0v) is 12.9. The van der Waals surface area contributed by atoms with Gasteiger partial charge in [0.05, 0.1) is 12.8 Å². The molecule has 1 heterocycles. The first kappa shape index (κ1) is 14.4. The van der Waals surface area contributed by atoms with Crippen molar-refractivity contribution in [2.45, 2.75) is 32.4 Å². The number of rotatable bonds is 6. The van der Waals surface area contributed by atoms with Crippen molar-refractivity contribution in [3.05, 3.63) is 47.2 Å². The molecule has 2 aromatic rings. The van der Waals surface area contributed by atoms with Crippen LogP contribution in [0.2, 0.25) is 5.02 Å². The summed E-state index contributed by atoms with van der Waals surface area (Å²) in [6, 6.07) is 8.72. The first-order chi connectivity index (χ1) is 10.3. The normalized spacial score (nSPS) is 14.2. The molecule has 1 N–H and O–H groups in total. The fraction of sp³-hybridized carbons (Fsp3) is 0.353. The van der Waals surface area contributed by atoms with Crippen LogP contribution in [0.4, 0.5) is 0 Å². The molecule has 0 radical (unpaired) electrons. The lowest BCUT2D eigenvalue weighted by atomic mass is 10.0. The molecule has 3 nitrogen and oxygen atoms in total. The minimum absolute atomic E-state index is 0.636. The van der Waals surface area contributed by atoms with Gasteiger partial charge in [0.1, 0.15) is 5.75 Å². The second-order valence-corrected chi connectivity index (χ2v) is 5.74. The summed E-state index contributed by atoms with van der Waals surface area (Å²) in [4.78, 5) is 4.27. The molecule has 3 rings (SSSR count). The smallest absolute Gasteiger partial charge is 0.138 e. The minimum atomic E-state index is 0.636. The SMILES string of the molecule is CCOc1cncc(-c2cc(Cl)ccc2CNC2CC2)c1. The highest BCUT2D eigenvalue weighted by molar-refractivity contribution is 6.30. The quantitative estimate of drug-likeness (QED) is 0.874. The molecule has 0 unspecified atom stereocenters. The van der Waals surface area contributed by atoms with Gasteiger partial charge < -0.3 is 10.1 Å². The van der Waals surface area contributed by atoms with Crippen molar-refractivity contribution in [2.75, 3.05) is 6.61 Å². The molecule has 1 saturated carbocycles. The van der Waals surface area contributed by atoms with E-state index in [2.05, 4.69) is 16.4 Å². The van der Waals surface area contributed by atoms with Crippen molar-refractivity contribution >= 4 is 11.6 Å². The van der Waals surface area contributed by atoms with Crippen molar-refractivity contribution in [2.24, 2.45) is 0 Å². The highest BCUT2D eigenvalue weighted by Crippen LogP contribution is 2.29. The van der Waals surface area contributed by atoms with Gasteiger partial charge in [0.25, 0.3) is 0 Å². The molecule has 0 saturated heterocycles. The van der Waals surface area contributed by atoms with E-state index < -0.39 is 0 Å². The van der Waals surface area contributed by atoms with Crippen molar-refractivity contribution in [3.63, 3.8) is 0 Å².